The van der Waals surface area contributed by atoms with Crippen LogP contribution in [0, 0.1) is 0 Å². The van der Waals surface area contributed by atoms with Crippen LogP contribution in [0.3, 0.4) is 0 Å². The van der Waals surface area contributed by atoms with Gasteiger partial charge < -0.3 is 9.80 Å². The minimum atomic E-state index is -0.112. The average Bonchev–Trinajstić information content (AvgIpc) is 3.11. The number of nitrogens with zero attached hydrogens (tertiary/aromatic N) is 5. The molecule has 0 bridgehead atoms. The maximum atomic E-state index is 12.7. The Bertz CT molecular complexity index is 720. The van der Waals surface area contributed by atoms with Gasteiger partial charge in [0.05, 0.1) is 5.69 Å². The third-order valence-electron chi connectivity index (χ3n) is 4.52. The predicted octanol–water partition coefficient (Wildman–Crippen LogP) is 1.86. The Kier molecular flexibility index (Phi) is 4.59. The predicted molar refractivity (Wildman–Crippen MR) is 89.3 cm³/mol. The smallest absolute Gasteiger partial charge is 0.329 e. The normalized spacial score (nSPS) is 15.3. The molecule has 0 spiro atoms. The molecule has 1 aliphatic heterocycles. The van der Waals surface area contributed by atoms with E-state index in [4.69, 9.17) is 0 Å². The fourth-order valence-corrected chi connectivity index (χ4v) is 3.00. The van der Waals surface area contributed by atoms with Gasteiger partial charge in [-0.25, -0.2) is 9.78 Å². The first-order valence-electron chi connectivity index (χ1n) is 8.03. The largest absolute Gasteiger partial charge is 0.343 e. The minimum Gasteiger partial charge on any atom is -0.343 e. The van der Waals surface area contributed by atoms with Crippen molar-refractivity contribution in [1.29, 1.82) is 0 Å². The van der Waals surface area contributed by atoms with Crippen molar-refractivity contribution < 1.29 is 9.59 Å². The van der Waals surface area contributed by atoms with Crippen LogP contribution >= 0.6 is 0 Å². The van der Waals surface area contributed by atoms with E-state index in [0.717, 1.165) is 24.1 Å². The molecule has 2 aromatic rings. The summed E-state index contributed by atoms with van der Waals surface area (Å²) in [6, 6.07) is 3.77. The number of aromatic nitrogens is 3. The van der Waals surface area contributed by atoms with Crippen LogP contribution < -0.4 is 0 Å². The van der Waals surface area contributed by atoms with Gasteiger partial charge in [-0.15, -0.1) is 0 Å². The Morgan fingerprint density at radius 1 is 1.29 bits per heavy atom. The summed E-state index contributed by atoms with van der Waals surface area (Å²) in [6.45, 7) is 2.98. The number of pyridine rings is 1. The Morgan fingerprint density at radius 3 is 2.67 bits per heavy atom. The van der Waals surface area contributed by atoms with Crippen molar-refractivity contribution in [2.45, 2.75) is 25.8 Å². The van der Waals surface area contributed by atoms with Crippen LogP contribution in [0.1, 0.15) is 19.8 Å². The molecule has 2 amide bonds. The lowest BCUT2D eigenvalue weighted by molar-refractivity contribution is -0.130. The Balaban J connectivity index is 1.66. The van der Waals surface area contributed by atoms with Gasteiger partial charge in [0.1, 0.15) is 6.33 Å². The molecule has 126 valence electrons. The summed E-state index contributed by atoms with van der Waals surface area (Å²) in [5.41, 5.74) is 1.60. The molecule has 0 aromatic carbocycles. The number of hydrogen-bond acceptors (Lipinski definition) is 4. The number of hydrogen-bond donors (Lipinski definition) is 0. The second-order valence-corrected chi connectivity index (χ2v) is 6.04. The van der Waals surface area contributed by atoms with Crippen molar-refractivity contribution in [2.75, 3.05) is 20.1 Å². The highest BCUT2D eigenvalue weighted by molar-refractivity contribution is 5.78. The molecule has 1 aliphatic rings. The third-order valence-corrected chi connectivity index (χ3v) is 4.52. The lowest BCUT2D eigenvalue weighted by Crippen LogP contribution is -2.47. The average molecular weight is 327 g/mol. The summed E-state index contributed by atoms with van der Waals surface area (Å²) in [5.74, 6) is 0.0955. The zero-order valence-electron chi connectivity index (χ0n) is 13.9. The topological polar surface area (TPSA) is 71.3 Å². The van der Waals surface area contributed by atoms with Gasteiger partial charge in [0, 0.05) is 57.3 Å². The minimum absolute atomic E-state index is 0.0955. The summed E-state index contributed by atoms with van der Waals surface area (Å²) in [5, 5.41) is 0. The molecule has 7 heteroatoms. The van der Waals surface area contributed by atoms with E-state index in [1.807, 2.05) is 17.0 Å². The molecule has 0 unspecified atom stereocenters. The fourth-order valence-electron chi connectivity index (χ4n) is 3.00. The number of imidazole rings is 1. The molecular formula is C17H21N5O2. The number of carbonyl (C=O) groups excluding carboxylic acids is 2. The quantitative estimate of drug-likeness (QED) is 0.844. The lowest BCUT2D eigenvalue weighted by atomic mass is 10.0. The number of likely N-dealkylation sites (tertiary alicyclic amines) is 1. The fraction of sp³-hybridized carbons (Fsp3) is 0.412. The first-order valence-corrected chi connectivity index (χ1v) is 8.03. The van der Waals surface area contributed by atoms with Crippen molar-refractivity contribution in [2.24, 2.45) is 0 Å². The van der Waals surface area contributed by atoms with Gasteiger partial charge in [0.2, 0.25) is 5.91 Å². The number of amides is 2. The molecule has 3 rings (SSSR count). The maximum Gasteiger partial charge on any atom is 0.329 e. The highest BCUT2D eigenvalue weighted by Gasteiger charge is 2.27. The van der Waals surface area contributed by atoms with Crippen LogP contribution in [0.2, 0.25) is 0 Å². The van der Waals surface area contributed by atoms with E-state index < -0.39 is 0 Å². The van der Waals surface area contributed by atoms with Gasteiger partial charge in [-0.05, 0) is 25.0 Å². The van der Waals surface area contributed by atoms with Crippen molar-refractivity contribution in [3.63, 3.8) is 0 Å². The summed E-state index contributed by atoms with van der Waals surface area (Å²) in [6.07, 6.45) is 8.27. The molecule has 1 saturated heterocycles. The molecule has 24 heavy (non-hydrogen) atoms. The summed E-state index contributed by atoms with van der Waals surface area (Å²) in [4.78, 5) is 36.0. The van der Waals surface area contributed by atoms with Gasteiger partial charge >= 0.3 is 6.03 Å². The van der Waals surface area contributed by atoms with E-state index in [9.17, 15) is 9.59 Å². The van der Waals surface area contributed by atoms with E-state index in [1.54, 1.807) is 37.5 Å². The zero-order valence-corrected chi connectivity index (χ0v) is 13.9. The molecule has 7 nitrogen and oxygen atoms in total. The Morgan fingerprint density at radius 2 is 2.04 bits per heavy atom. The van der Waals surface area contributed by atoms with Gasteiger partial charge in [0.25, 0.3) is 0 Å². The van der Waals surface area contributed by atoms with Gasteiger partial charge in [-0.2, -0.15) is 0 Å². The van der Waals surface area contributed by atoms with E-state index in [-0.39, 0.29) is 18.0 Å². The van der Waals surface area contributed by atoms with E-state index in [2.05, 4.69) is 9.97 Å². The lowest BCUT2D eigenvalue weighted by Gasteiger charge is -2.36. The van der Waals surface area contributed by atoms with Crippen LogP contribution in [0.5, 0.6) is 0 Å². The maximum absolute atomic E-state index is 12.7. The molecule has 0 radical (unpaired) electrons. The van der Waals surface area contributed by atoms with Crippen molar-refractivity contribution >= 4 is 11.9 Å². The Labute approximate surface area is 140 Å². The van der Waals surface area contributed by atoms with Crippen LogP contribution in [-0.2, 0) is 4.79 Å². The van der Waals surface area contributed by atoms with Gasteiger partial charge in [0.15, 0.2) is 0 Å². The Hall–Kier alpha value is -2.70. The highest BCUT2D eigenvalue weighted by Crippen LogP contribution is 2.18. The summed E-state index contributed by atoms with van der Waals surface area (Å²) >= 11 is 0. The van der Waals surface area contributed by atoms with E-state index in [1.165, 1.54) is 10.9 Å². The molecule has 0 saturated carbocycles. The third kappa shape index (κ3) is 3.29. The summed E-state index contributed by atoms with van der Waals surface area (Å²) in [7, 11) is 1.81. The van der Waals surface area contributed by atoms with Gasteiger partial charge in [-0.3, -0.25) is 14.3 Å². The monoisotopic (exact) mass is 327 g/mol. The number of piperidine rings is 1. The van der Waals surface area contributed by atoms with Gasteiger partial charge in [-0.1, -0.05) is 0 Å². The van der Waals surface area contributed by atoms with E-state index >= 15 is 0 Å². The molecule has 1 fully saturated rings. The molecular weight excluding hydrogens is 306 g/mol. The first-order chi connectivity index (χ1) is 11.6. The van der Waals surface area contributed by atoms with Crippen LogP contribution in [-0.4, -0.2) is 62.5 Å². The van der Waals surface area contributed by atoms with Crippen molar-refractivity contribution in [3.05, 3.63) is 37.1 Å². The molecule has 3 heterocycles. The molecule has 2 aromatic heterocycles. The number of carbonyl (C=O) groups is 2. The second-order valence-electron chi connectivity index (χ2n) is 6.04. The molecule has 0 aliphatic carbocycles. The summed E-state index contributed by atoms with van der Waals surface area (Å²) < 4.78 is 1.50. The first kappa shape index (κ1) is 16.2. The SMILES string of the molecule is CC(=O)N1CCC(N(C)C(=O)n2cnc(-c3cccnc3)c2)CC1. The second kappa shape index (κ2) is 6.82. The standard InChI is InChI=1S/C17H21N5O2/c1-13(23)21-8-5-15(6-9-21)20(2)17(24)22-11-16(19-12-22)14-4-3-7-18-10-14/h3-4,7,10-12,15H,5-6,8-9H2,1-2H3. The number of rotatable bonds is 2. The van der Waals surface area contributed by atoms with Crippen molar-refractivity contribution in [3.8, 4) is 11.3 Å². The van der Waals surface area contributed by atoms with Crippen molar-refractivity contribution in [1.82, 2.24) is 24.3 Å². The van der Waals surface area contributed by atoms with E-state index in [0.29, 0.717) is 13.1 Å². The van der Waals surface area contributed by atoms with Crippen LogP contribution in [0.15, 0.2) is 37.1 Å². The molecule has 0 N–H and O–H groups in total. The van der Waals surface area contributed by atoms with Crippen LogP contribution in [0.25, 0.3) is 11.3 Å². The highest BCUT2D eigenvalue weighted by atomic mass is 16.2. The van der Waals surface area contributed by atoms with Crippen LogP contribution in [0.4, 0.5) is 4.79 Å². The zero-order chi connectivity index (χ0) is 17.1. The molecule has 0 atom stereocenters.